The lowest BCUT2D eigenvalue weighted by atomic mass is 9.85. The number of hydrogen-bond donors (Lipinski definition) is 1. The third kappa shape index (κ3) is 5.74. The van der Waals surface area contributed by atoms with Gasteiger partial charge in [0, 0.05) is 18.9 Å². The molecule has 1 N–H and O–H groups in total. The van der Waals surface area contributed by atoms with E-state index in [-0.39, 0.29) is 24.2 Å². The van der Waals surface area contributed by atoms with Crippen LogP contribution in [0.3, 0.4) is 0 Å². The molecule has 1 fully saturated rings. The quantitative estimate of drug-likeness (QED) is 0.232. The second-order valence-electron chi connectivity index (χ2n) is 6.87. The first-order valence-corrected chi connectivity index (χ1v) is 9.13. The van der Waals surface area contributed by atoms with Crippen molar-refractivity contribution in [3.63, 3.8) is 0 Å². The fourth-order valence-corrected chi connectivity index (χ4v) is 3.20. The summed E-state index contributed by atoms with van der Waals surface area (Å²) in [6, 6.07) is 0. The Balaban J connectivity index is 2.43. The van der Waals surface area contributed by atoms with Crippen molar-refractivity contribution in [2.24, 2.45) is 5.92 Å². The van der Waals surface area contributed by atoms with Gasteiger partial charge in [0.25, 0.3) is 0 Å². The maximum absolute atomic E-state index is 12.3. The smallest absolute Gasteiger partial charge is 0.336 e. The summed E-state index contributed by atoms with van der Waals surface area (Å²) in [5.41, 5.74) is 1.04. The van der Waals surface area contributed by atoms with Gasteiger partial charge in [0.05, 0.1) is 18.1 Å². The van der Waals surface area contributed by atoms with Gasteiger partial charge in [-0.05, 0) is 30.1 Å². The molecule has 8 heteroatoms. The Kier molecular flexibility index (Phi) is 7.67. The van der Waals surface area contributed by atoms with Crippen LogP contribution in [0.5, 0.6) is 0 Å². The highest BCUT2D eigenvalue weighted by Crippen LogP contribution is 2.36. The highest BCUT2D eigenvalue weighted by molar-refractivity contribution is 5.92. The van der Waals surface area contributed by atoms with E-state index >= 15 is 0 Å². The highest BCUT2D eigenvalue weighted by atomic mass is 16.6. The number of ether oxygens (including phenoxy) is 3. The lowest BCUT2D eigenvalue weighted by molar-refractivity contribution is -0.148. The highest BCUT2D eigenvalue weighted by Gasteiger charge is 2.44. The summed E-state index contributed by atoms with van der Waals surface area (Å²) in [4.78, 5) is 47.0. The molecule has 0 amide bonds. The number of allylic oxidation sites excluding steroid dienone is 2. The first-order valence-electron chi connectivity index (χ1n) is 9.13. The van der Waals surface area contributed by atoms with E-state index in [0.29, 0.717) is 30.3 Å². The van der Waals surface area contributed by atoms with Gasteiger partial charge in [-0.2, -0.15) is 0 Å². The van der Waals surface area contributed by atoms with Crippen molar-refractivity contribution in [3.05, 3.63) is 47.6 Å². The van der Waals surface area contributed by atoms with Crippen LogP contribution >= 0.6 is 0 Å². The van der Waals surface area contributed by atoms with Crippen molar-refractivity contribution in [3.8, 4) is 0 Å². The topological polar surface area (TPSA) is 116 Å². The van der Waals surface area contributed by atoms with E-state index in [0.717, 1.165) is 0 Å². The van der Waals surface area contributed by atoms with E-state index in [1.165, 1.54) is 6.92 Å². The fraction of sp³-hybridized carbons (Fsp3) is 0.429. The number of carbonyl (C=O) groups is 4. The molecular formula is C21H24O8. The largest absolute Gasteiger partial charge is 0.461 e. The van der Waals surface area contributed by atoms with Crippen molar-refractivity contribution in [2.45, 2.75) is 38.4 Å². The fourth-order valence-electron chi connectivity index (χ4n) is 3.20. The number of aldehydes is 1. The molecular weight excluding hydrogens is 380 g/mol. The molecule has 2 aliphatic rings. The zero-order chi connectivity index (χ0) is 21.6. The van der Waals surface area contributed by atoms with Crippen LogP contribution in [0.25, 0.3) is 0 Å². The summed E-state index contributed by atoms with van der Waals surface area (Å²) >= 11 is 0. The molecule has 0 bridgehead atoms. The van der Waals surface area contributed by atoms with Crippen molar-refractivity contribution in [1.29, 1.82) is 0 Å². The van der Waals surface area contributed by atoms with Crippen LogP contribution in [0.2, 0.25) is 0 Å². The molecule has 0 unspecified atom stereocenters. The maximum atomic E-state index is 12.3. The first kappa shape index (κ1) is 22.3. The predicted octanol–water partition coefficient (Wildman–Crippen LogP) is 1.34. The molecule has 0 aromatic rings. The SMILES string of the molecule is C=C(CO)C(=O)O[C@H]1C/C(COC(C)=O)=C/CC/C(C=O)=C\[C@H]2OC(=O)C(=C)[C@H]12. The van der Waals surface area contributed by atoms with Gasteiger partial charge in [0.15, 0.2) is 0 Å². The molecule has 2 rings (SSSR count). The third-order valence-electron chi connectivity index (χ3n) is 4.72. The van der Waals surface area contributed by atoms with Gasteiger partial charge in [0.1, 0.15) is 25.1 Å². The Morgan fingerprint density at radius 3 is 2.76 bits per heavy atom. The molecule has 3 atom stereocenters. The molecule has 1 aliphatic heterocycles. The second-order valence-corrected chi connectivity index (χ2v) is 6.87. The Hall–Kier alpha value is -3.00. The summed E-state index contributed by atoms with van der Waals surface area (Å²) in [6.45, 7) is 7.88. The minimum atomic E-state index is -0.904. The van der Waals surface area contributed by atoms with Gasteiger partial charge in [0.2, 0.25) is 0 Å². The maximum Gasteiger partial charge on any atom is 0.336 e. The number of aliphatic hydroxyl groups is 1. The summed E-state index contributed by atoms with van der Waals surface area (Å²) in [7, 11) is 0. The van der Waals surface area contributed by atoms with E-state index in [1.807, 2.05) is 6.08 Å². The normalized spacial score (nSPS) is 28.0. The lowest BCUT2D eigenvalue weighted by Crippen LogP contribution is -2.34. The second kappa shape index (κ2) is 9.97. The predicted molar refractivity (Wildman–Crippen MR) is 101 cm³/mol. The van der Waals surface area contributed by atoms with Gasteiger partial charge in [-0.1, -0.05) is 19.2 Å². The number of esters is 3. The van der Waals surface area contributed by atoms with E-state index < -0.39 is 42.6 Å². The Morgan fingerprint density at radius 2 is 2.14 bits per heavy atom. The van der Waals surface area contributed by atoms with Crippen LogP contribution in [0.4, 0.5) is 0 Å². The summed E-state index contributed by atoms with van der Waals surface area (Å²) < 4.78 is 15.9. The molecule has 0 spiro atoms. The van der Waals surface area contributed by atoms with Crippen LogP contribution in [0, 0.1) is 5.92 Å². The van der Waals surface area contributed by atoms with Crippen LogP contribution in [-0.4, -0.2) is 54.7 Å². The zero-order valence-electron chi connectivity index (χ0n) is 16.2. The van der Waals surface area contributed by atoms with Crippen LogP contribution in [-0.2, 0) is 33.4 Å². The molecule has 0 radical (unpaired) electrons. The van der Waals surface area contributed by atoms with Crippen LogP contribution in [0.15, 0.2) is 47.6 Å². The average molecular weight is 404 g/mol. The van der Waals surface area contributed by atoms with Gasteiger partial charge in [-0.15, -0.1) is 0 Å². The minimum Gasteiger partial charge on any atom is -0.461 e. The first-order chi connectivity index (χ1) is 13.8. The van der Waals surface area contributed by atoms with Crippen molar-refractivity contribution in [2.75, 3.05) is 13.2 Å². The Morgan fingerprint density at radius 1 is 1.41 bits per heavy atom. The molecule has 0 aromatic carbocycles. The zero-order valence-corrected chi connectivity index (χ0v) is 16.2. The van der Waals surface area contributed by atoms with Gasteiger partial charge in [-0.25, -0.2) is 9.59 Å². The van der Waals surface area contributed by atoms with E-state index in [9.17, 15) is 19.2 Å². The lowest BCUT2D eigenvalue weighted by Gasteiger charge is -2.28. The van der Waals surface area contributed by atoms with Crippen molar-refractivity contribution >= 4 is 24.2 Å². The van der Waals surface area contributed by atoms with Crippen molar-refractivity contribution in [1.82, 2.24) is 0 Å². The Bertz CT molecular complexity index is 789. The molecule has 0 saturated carbocycles. The molecule has 1 aliphatic carbocycles. The minimum absolute atomic E-state index is 0.0247. The monoisotopic (exact) mass is 404 g/mol. The van der Waals surface area contributed by atoms with E-state index in [4.69, 9.17) is 19.3 Å². The van der Waals surface area contributed by atoms with Crippen molar-refractivity contribution < 1.29 is 38.5 Å². The standard InChI is InChI=1S/C21H24O8/c1-12(9-22)20(25)28-18-8-16(11-27-14(3)24)6-4-5-15(10-23)7-17-19(18)13(2)21(26)29-17/h6-7,10,17-19,22H,1-2,4-5,8-9,11H2,3H3/b15-7+,16-6-/t17-,18+,19+/m1/s1. The number of aliphatic hydroxyl groups excluding tert-OH is 1. The molecule has 0 aromatic heterocycles. The molecule has 1 heterocycles. The van der Waals surface area contributed by atoms with E-state index in [2.05, 4.69) is 13.2 Å². The van der Waals surface area contributed by atoms with Gasteiger partial charge in [-0.3, -0.25) is 9.59 Å². The number of rotatable bonds is 6. The average Bonchev–Trinajstić information content (AvgIpc) is 2.96. The Labute approximate surface area is 168 Å². The van der Waals surface area contributed by atoms with Crippen LogP contribution < -0.4 is 0 Å². The molecule has 156 valence electrons. The van der Waals surface area contributed by atoms with Crippen LogP contribution in [0.1, 0.15) is 26.2 Å². The molecule has 29 heavy (non-hydrogen) atoms. The van der Waals surface area contributed by atoms with E-state index in [1.54, 1.807) is 6.08 Å². The number of hydrogen-bond acceptors (Lipinski definition) is 8. The summed E-state index contributed by atoms with van der Waals surface area (Å²) in [5.74, 6) is -2.69. The molecule has 1 saturated heterocycles. The molecule has 8 nitrogen and oxygen atoms in total. The summed E-state index contributed by atoms with van der Waals surface area (Å²) in [5, 5.41) is 9.15. The van der Waals surface area contributed by atoms with Gasteiger partial charge >= 0.3 is 17.9 Å². The summed E-state index contributed by atoms with van der Waals surface area (Å²) in [6.07, 6.45) is 3.34. The third-order valence-corrected chi connectivity index (χ3v) is 4.72. The number of carbonyl (C=O) groups excluding carboxylic acids is 4. The van der Waals surface area contributed by atoms with Gasteiger partial charge < -0.3 is 19.3 Å². The number of fused-ring (bicyclic) bond motifs is 1.